The lowest BCUT2D eigenvalue weighted by Gasteiger charge is -2.09. The van der Waals surface area contributed by atoms with Crippen molar-refractivity contribution in [1.29, 1.82) is 0 Å². The average Bonchev–Trinajstić information content (AvgIpc) is 2.66. The fourth-order valence-corrected chi connectivity index (χ4v) is 0.885. The molecule has 3 N–H and O–H groups in total. The van der Waals surface area contributed by atoms with E-state index in [1.54, 1.807) is 6.07 Å². The lowest BCUT2D eigenvalue weighted by molar-refractivity contribution is -0.138. The Morgan fingerprint density at radius 3 is 2.87 bits per heavy atom. The molecule has 0 saturated carbocycles. The molecule has 1 rings (SSSR count). The van der Waals surface area contributed by atoms with Crippen molar-refractivity contribution in [2.75, 3.05) is 0 Å². The summed E-state index contributed by atoms with van der Waals surface area (Å²) in [7, 11) is 0. The average molecular weight is 212 g/mol. The zero-order chi connectivity index (χ0) is 11.3. The summed E-state index contributed by atoms with van der Waals surface area (Å²) in [4.78, 5) is 21.5. The quantitative estimate of drug-likeness (QED) is 0.679. The second kappa shape index (κ2) is 5.04. The van der Waals surface area contributed by atoms with Crippen molar-refractivity contribution in [2.24, 2.45) is 0 Å². The number of hydrogen-bond donors (Lipinski definition) is 3. The third-order valence-electron chi connectivity index (χ3n) is 1.75. The Morgan fingerprint density at radius 1 is 1.60 bits per heavy atom. The van der Waals surface area contributed by atoms with Crippen molar-refractivity contribution < 1.29 is 19.1 Å². The van der Waals surface area contributed by atoms with Crippen LogP contribution < -0.4 is 10.6 Å². The monoisotopic (exact) mass is 212 g/mol. The number of urea groups is 1. The molecule has 82 valence electrons. The van der Waals surface area contributed by atoms with Crippen LogP contribution in [0.5, 0.6) is 0 Å². The molecule has 0 radical (unpaired) electrons. The van der Waals surface area contributed by atoms with Crippen LogP contribution in [0.1, 0.15) is 12.5 Å². The minimum atomic E-state index is -1.08. The summed E-state index contributed by atoms with van der Waals surface area (Å²) in [5, 5.41) is 13.3. The van der Waals surface area contributed by atoms with Crippen molar-refractivity contribution in [2.45, 2.75) is 19.5 Å². The van der Waals surface area contributed by atoms with E-state index in [4.69, 9.17) is 9.52 Å². The van der Waals surface area contributed by atoms with Gasteiger partial charge in [0.05, 0.1) is 12.5 Å². The second-order valence-corrected chi connectivity index (χ2v) is 3.02. The van der Waals surface area contributed by atoms with Gasteiger partial charge in [0.25, 0.3) is 0 Å². The largest absolute Gasteiger partial charge is 0.480 e. The Kier molecular flexibility index (Phi) is 3.73. The lowest BCUT2D eigenvalue weighted by atomic mass is 10.3. The standard InChI is InChI=1S/C9H12N2O4/c1-6(8(12)13)11-9(14)10-4-7-2-3-15-5-7/h2-3,5-6H,4H2,1H3,(H,12,13)(H2,10,11,14)/t6-/m0/s1. The Bertz CT molecular complexity index is 334. The van der Waals surface area contributed by atoms with Gasteiger partial charge in [-0.05, 0) is 13.0 Å². The van der Waals surface area contributed by atoms with Crippen LogP contribution in [-0.4, -0.2) is 23.1 Å². The molecule has 0 aliphatic rings. The van der Waals surface area contributed by atoms with E-state index in [9.17, 15) is 9.59 Å². The summed E-state index contributed by atoms with van der Waals surface area (Å²) in [6.45, 7) is 1.69. The van der Waals surface area contributed by atoms with Gasteiger partial charge in [-0.1, -0.05) is 0 Å². The number of aliphatic carboxylic acids is 1. The molecule has 1 aromatic rings. The molecule has 6 nitrogen and oxygen atoms in total. The van der Waals surface area contributed by atoms with Crippen LogP contribution in [0, 0.1) is 0 Å². The van der Waals surface area contributed by atoms with E-state index >= 15 is 0 Å². The molecule has 0 unspecified atom stereocenters. The fourth-order valence-electron chi connectivity index (χ4n) is 0.885. The number of carbonyl (C=O) groups is 2. The Hall–Kier alpha value is -1.98. The molecular weight excluding hydrogens is 200 g/mol. The maximum Gasteiger partial charge on any atom is 0.325 e. The molecule has 1 aromatic heterocycles. The Labute approximate surface area is 86.3 Å². The summed E-state index contributed by atoms with van der Waals surface area (Å²) in [6.07, 6.45) is 3.00. The molecule has 0 aliphatic carbocycles. The normalized spacial score (nSPS) is 11.8. The molecule has 0 saturated heterocycles. The Morgan fingerprint density at radius 2 is 2.33 bits per heavy atom. The molecule has 15 heavy (non-hydrogen) atoms. The first-order valence-electron chi connectivity index (χ1n) is 4.38. The van der Waals surface area contributed by atoms with Crippen molar-refractivity contribution in [1.82, 2.24) is 10.6 Å². The SMILES string of the molecule is C[C@H](NC(=O)NCc1ccoc1)C(=O)O. The number of amides is 2. The van der Waals surface area contributed by atoms with Crippen LogP contribution >= 0.6 is 0 Å². The highest BCUT2D eigenvalue weighted by atomic mass is 16.4. The van der Waals surface area contributed by atoms with E-state index in [1.165, 1.54) is 19.5 Å². The number of hydrogen-bond acceptors (Lipinski definition) is 3. The molecule has 0 spiro atoms. The maximum absolute atomic E-state index is 11.1. The van der Waals surface area contributed by atoms with Gasteiger partial charge in [-0.2, -0.15) is 0 Å². The Balaban J connectivity index is 2.28. The molecule has 0 bridgehead atoms. The zero-order valence-corrected chi connectivity index (χ0v) is 8.19. The van der Waals surface area contributed by atoms with Gasteiger partial charge in [0, 0.05) is 12.1 Å². The highest BCUT2D eigenvalue weighted by molar-refractivity contribution is 5.82. The van der Waals surface area contributed by atoms with Crippen LogP contribution in [-0.2, 0) is 11.3 Å². The van der Waals surface area contributed by atoms with Crippen LogP contribution in [0.3, 0.4) is 0 Å². The number of rotatable bonds is 4. The summed E-state index contributed by atoms with van der Waals surface area (Å²) in [5.41, 5.74) is 0.813. The molecule has 1 atom stereocenters. The van der Waals surface area contributed by atoms with Gasteiger partial charge in [-0.3, -0.25) is 4.79 Å². The molecular formula is C9H12N2O4. The lowest BCUT2D eigenvalue weighted by Crippen LogP contribution is -2.44. The van der Waals surface area contributed by atoms with Crippen molar-refractivity contribution >= 4 is 12.0 Å². The molecule has 0 aromatic carbocycles. The summed E-state index contributed by atoms with van der Waals surface area (Å²) in [6, 6.07) is 0.279. The predicted octanol–water partition coefficient (Wildman–Crippen LogP) is 0.552. The predicted molar refractivity (Wildman–Crippen MR) is 51.2 cm³/mol. The van der Waals surface area contributed by atoms with E-state index < -0.39 is 18.0 Å². The minimum Gasteiger partial charge on any atom is -0.480 e. The van der Waals surface area contributed by atoms with E-state index in [1.807, 2.05) is 0 Å². The fraction of sp³-hybridized carbons (Fsp3) is 0.333. The highest BCUT2D eigenvalue weighted by Crippen LogP contribution is 1.98. The first kappa shape index (κ1) is 11.1. The van der Waals surface area contributed by atoms with Gasteiger partial charge >= 0.3 is 12.0 Å². The first-order valence-corrected chi connectivity index (χ1v) is 4.38. The first-order chi connectivity index (χ1) is 7.09. The highest BCUT2D eigenvalue weighted by Gasteiger charge is 2.13. The topological polar surface area (TPSA) is 91.6 Å². The zero-order valence-electron chi connectivity index (χ0n) is 8.19. The van der Waals surface area contributed by atoms with Gasteiger partial charge in [0.1, 0.15) is 6.04 Å². The smallest absolute Gasteiger partial charge is 0.325 e. The van der Waals surface area contributed by atoms with Crippen LogP contribution in [0.15, 0.2) is 23.0 Å². The van der Waals surface area contributed by atoms with E-state index in [0.29, 0.717) is 6.54 Å². The van der Waals surface area contributed by atoms with Gasteiger partial charge in [-0.25, -0.2) is 4.79 Å². The van der Waals surface area contributed by atoms with Crippen LogP contribution in [0.4, 0.5) is 4.79 Å². The van der Waals surface area contributed by atoms with E-state index in [0.717, 1.165) is 5.56 Å². The van der Waals surface area contributed by atoms with E-state index in [2.05, 4.69) is 10.6 Å². The number of nitrogens with one attached hydrogen (secondary N) is 2. The third-order valence-corrected chi connectivity index (χ3v) is 1.75. The number of carbonyl (C=O) groups excluding carboxylic acids is 1. The molecule has 1 heterocycles. The summed E-state index contributed by atoms with van der Waals surface area (Å²) >= 11 is 0. The third kappa shape index (κ3) is 3.72. The second-order valence-electron chi connectivity index (χ2n) is 3.02. The van der Waals surface area contributed by atoms with Gasteiger partial charge in [0.15, 0.2) is 0 Å². The van der Waals surface area contributed by atoms with Crippen LogP contribution in [0.2, 0.25) is 0 Å². The number of furan rings is 1. The number of carboxylic acid groups (broad SMARTS) is 1. The van der Waals surface area contributed by atoms with Crippen molar-refractivity contribution in [3.05, 3.63) is 24.2 Å². The van der Waals surface area contributed by atoms with Gasteiger partial charge in [0.2, 0.25) is 0 Å². The maximum atomic E-state index is 11.1. The van der Waals surface area contributed by atoms with E-state index in [-0.39, 0.29) is 0 Å². The molecule has 6 heteroatoms. The summed E-state index contributed by atoms with van der Waals surface area (Å²) in [5.74, 6) is -1.08. The van der Waals surface area contributed by atoms with Gasteiger partial charge < -0.3 is 20.2 Å². The molecule has 2 amide bonds. The molecule has 0 aliphatic heterocycles. The molecule has 0 fully saturated rings. The van der Waals surface area contributed by atoms with Gasteiger partial charge in [-0.15, -0.1) is 0 Å². The van der Waals surface area contributed by atoms with Crippen molar-refractivity contribution in [3.8, 4) is 0 Å². The van der Waals surface area contributed by atoms with Crippen LogP contribution in [0.25, 0.3) is 0 Å². The number of carboxylic acids is 1. The van der Waals surface area contributed by atoms with Crippen molar-refractivity contribution in [3.63, 3.8) is 0 Å². The minimum absolute atomic E-state index is 0.300. The summed E-state index contributed by atoms with van der Waals surface area (Å²) < 4.78 is 4.80.